The Morgan fingerprint density at radius 1 is 0.933 bits per heavy atom. The Morgan fingerprint density at radius 2 is 1.70 bits per heavy atom. The largest absolute Gasteiger partial charge is 0.326 e. The molecule has 1 aromatic heterocycles. The Hall–Kier alpha value is -2.42. The molecule has 160 valence electrons. The molecule has 8 heteroatoms. The summed E-state index contributed by atoms with van der Waals surface area (Å²) in [4.78, 5) is 17.8. The van der Waals surface area contributed by atoms with Crippen LogP contribution < -0.4 is 5.69 Å². The summed E-state index contributed by atoms with van der Waals surface area (Å²) in [6.07, 6.45) is 1.64. The molecule has 1 saturated heterocycles. The second-order valence-corrected chi connectivity index (χ2v) is 9.80. The van der Waals surface area contributed by atoms with Crippen LogP contribution in [0.15, 0.2) is 58.2 Å². The normalized spacial score (nSPS) is 16.7. The van der Waals surface area contributed by atoms with Crippen LogP contribution in [0.1, 0.15) is 18.4 Å². The number of aromatic amines is 1. The number of sulfonamides is 1. The van der Waals surface area contributed by atoms with E-state index in [0.29, 0.717) is 31.1 Å². The minimum atomic E-state index is -3.45. The number of hydrogen-bond donors (Lipinski definition) is 1. The zero-order valence-electron chi connectivity index (χ0n) is 17.3. The van der Waals surface area contributed by atoms with Gasteiger partial charge >= 0.3 is 5.69 Å². The molecule has 1 aliphatic heterocycles. The van der Waals surface area contributed by atoms with Crippen molar-refractivity contribution in [2.24, 2.45) is 0 Å². The first-order valence-electron chi connectivity index (χ1n) is 10.4. The van der Waals surface area contributed by atoms with Gasteiger partial charge in [0.1, 0.15) is 0 Å². The van der Waals surface area contributed by atoms with Crippen molar-refractivity contribution in [3.8, 4) is 0 Å². The Bertz CT molecular complexity index is 1170. The molecule has 0 saturated carbocycles. The molecule has 1 N–H and O–H groups in total. The first-order chi connectivity index (χ1) is 14.4. The molecule has 0 aliphatic carbocycles. The van der Waals surface area contributed by atoms with E-state index < -0.39 is 10.0 Å². The van der Waals surface area contributed by atoms with E-state index in [0.717, 1.165) is 42.5 Å². The average Bonchev–Trinajstić information content (AvgIpc) is 2.89. The Kier molecular flexibility index (Phi) is 6.08. The molecule has 3 aromatic rings. The van der Waals surface area contributed by atoms with Gasteiger partial charge in [0.05, 0.1) is 15.9 Å². The fourth-order valence-electron chi connectivity index (χ4n) is 4.05. The summed E-state index contributed by atoms with van der Waals surface area (Å²) in [6, 6.07) is 14.8. The Balaban J connectivity index is 1.35. The highest BCUT2D eigenvalue weighted by molar-refractivity contribution is 7.89. The van der Waals surface area contributed by atoms with Gasteiger partial charge in [-0.3, -0.25) is 4.57 Å². The van der Waals surface area contributed by atoms with Gasteiger partial charge in [-0.15, -0.1) is 0 Å². The minimum absolute atomic E-state index is 0.0811. The van der Waals surface area contributed by atoms with Gasteiger partial charge < -0.3 is 9.88 Å². The lowest BCUT2D eigenvalue weighted by Gasteiger charge is -2.22. The van der Waals surface area contributed by atoms with Crippen LogP contribution in [0.5, 0.6) is 0 Å². The number of rotatable bonds is 6. The Morgan fingerprint density at radius 3 is 2.50 bits per heavy atom. The summed E-state index contributed by atoms with van der Waals surface area (Å²) < 4.78 is 29.3. The quantitative estimate of drug-likeness (QED) is 0.654. The van der Waals surface area contributed by atoms with Gasteiger partial charge in [0.25, 0.3) is 0 Å². The number of benzene rings is 2. The Labute approximate surface area is 177 Å². The van der Waals surface area contributed by atoms with E-state index in [1.165, 1.54) is 0 Å². The first-order valence-corrected chi connectivity index (χ1v) is 11.9. The summed E-state index contributed by atoms with van der Waals surface area (Å²) in [6.45, 7) is 6.02. The van der Waals surface area contributed by atoms with Crippen molar-refractivity contribution in [3.63, 3.8) is 0 Å². The summed E-state index contributed by atoms with van der Waals surface area (Å²) in [5, 5.41) is 0. The van der Waals surface area contributed by atoms with Gasteiger partial charge in [-0.25, -0.2) is 13.2 Å². The number of nitrogens with one attached hydrogen (secondary N) is 1. The van der Waals surface area contributed by atoms with Crippen molar-refractivity contribution in [1.29, 1.82) is 0 Å². The summed E-state index contributed by atoms with van der Waals surface area (Å²) in [5.41, 5.74) is 2.75. The van der Waals surface area contributed by atoms with E-state index in [9.17, 15) is 13.2 Å². The molecule has 0 unspecified atom stereocenters. The molecular formula is C22H28N4O3S. The number of imidazole rings is 1. The highest BCUT2D eigenvalue weighted by Gasteiger charge is 2.26. The third kappa shape index (κ3) is 4.35. The SMILES string of the molecule is Cc1ccc(S(=O)(=O)N2CCCN(CCCn3c(=O)[nH]c4ccccc43)CC2)cc1. The highest BCUT2D eigenvalue weighted by Crippen LogP contribution is 2.18. The van der Waals surface area contributed by atoms with Crippen LogP contribution >= 0.6 is 0 Å². The van der Waals surface area contributed by atoms with Crippen LogP contribution in [0.4, 0.5) is 0 Å². The second kappa shape index (κ2) is 8.75. The van der Waals surface area contributed by atoms with Crippen LogP contribution in [0, 0.1) is 6.92 Å². The van der Waals surface area contributed by atoms with E-state index in [4.69, 9.17) is 0 Å². The molecule has 0 spiro atoms. The molecule has 0 atom stereocenters. The highest BCUT2D eigenvalue weighted by atomic mass is 32.2. The zero-order valence-corrected chi connectivity index (χ0v) is 18.1. The smallest absolute Gasteiger partial charge is 0.306 e. The third-order valence-corrected chi connectivity index (χ3v) is 7.66. The average molecular weight is 429 g/mol. The molecule has 7 nitrogen and oxygen atoms in total. The first kappa shape index (κ1) is 20.8. The molecule has 2 heterocycles. The molecule has 1 fully saturated rings. The number of aromatic nitrogens is 2. The third-order valence-electron chi connectivity index (χ3n) is 5.74. The lowest BCUT2D eigenvalue weighted by atomic mass is 10.2. The van der Waals surface area contributed by atoms with Crippen molar-refractivity contribution in [2.75, 3.05) is 32.7 Å². The maximum Gasteiger partial charge on any atom is 0.326 e. The summed E-state index contributed by atoms with van der Waals surface area (Å²) >= 11 is 0. The van der Waals surface area contributed by atoms with Crippen molar-refractivity contribution >= 4 is 21.1 Å². The predicted molar refractivity (Wildman–Crippen MR) is 118 cm³/mol. The van der Waals surface area contributed by atoms with Gasteiger partial charge in [-0.1, -0.05) is 29.8 Å². The van der Waals surface area contributed by atoms with Gasteiger partial charge in [0.15, 0.2) is 0 Å². The summed E-state index contributed by atoms with van der Waals surface area (Å²) in [5.74, 6) is 0. The number of nitrogens with zero attached hydrogens (tertiary/aromatic N) is 3. The van der Waals surface area contributed by atoms with Crippen LogP contribution in [0.25, 0.3) is 11.0 Å². The molecule has 0 radical (unpaired) electrons. The molecule has 0 bridgehead atoms. The van der Waals surface area contributed by atoms with Gasteiger partial charge in [-0.05, 0) is 57.1 Å². The second-order valence-electron chi connectivity index (χ2n) is 7.86. The van der Waals surface area contributed by atoms with E-state index in [2.05, 4.69) is 9.88 Å². The molecule has 1 aliphatic rings. The number of H-pyrrole nitrogens is 1. The van der Waals surface area contributed by atoms with Crippen molar-refractivity contribution < 1.29 is 8.42 Å². The zero-order chi connectivity index (χ0) is 21.1. The van der Waals surface area contributed by atoms with Crippen molar-refractivity contribution in [1.82, 2.24) is 18.8 Å². The number of hydrogen-bond acceptors (Lipinski definition) is 4. The van der Waals surface area contributed by atoms with Gasteiger partial charge in [0.2, 0.25) is 10.0 Å². The minimum Gasteiger partial charge on any atom is -0.306 e. The van der Waals surface area contributed by atoms with E-state index in [1.807, 2.05) is 43.3 Å². The number of aryl methyl sites for hydroxylation is 2. The molecule has 4 rings (SSSR count). The lowest BCUT2D eigenvalue weighted by molar-refractivity contribution is 0.277. The van der Waals surface area contributed by atoms with Crippen molar-refractivity contribution in [2.45, 2.75) is 31.2 Å². The maximum absolute atomic E-state index is 13.0. The monoisotopic (exact) mass is 428 g/mol. The molecule has 30 heavy (non-hydrogen) atoms. The number of para-hydroxylation sites is 2. The van der Waals surface area contributed by atoms with Crippen LogP contribution in [0.2, 0.25) is 0 Å². The molecule has 2 aromatic carbocycles. The van der Waals surface area contributed by atoms with E-state index in [1.54, 1.807) is 21.0 Å². The molecule has 0 amide bonds. The number of fused-ring (bicyclic) bond motifs is 1. The summed E-state index contributed by atoms with van der Waals surface area (Å²) in [7, 11) is -3.45. The van der Waals surface area contributed by atoms with Gasteiger partial charge in [0, 0.05) is 26.2 Å². The van der Waals surface area contributed by atoms with E-state index in [-0.39, 0.29) is 5.69 Å². The predicted octanol–water partition coefficient (Wildman–Crippen LogP) is 2.42. The maximum atomic E-state index is 13.0. The molecular weight excluding hydrogens is 400 g/mol. The fourth-order valence-corrected chi connectivity index (χ4v) is 5.52. The van der Waals surface area contributed by atoms with Crippen LogP contribution in [-0.4, -0.2) is 59.9 Å². The van der Waals surface area contributed by atoms with Crippen molar-refractivity contribution in [3.05, 3.63) is 64.6 Å². The fraction of sp³-hybridized carbons (Fsp3) is 0.409. The van der Waals surface area contributed by atoms with Crippen LogP contribution in [0.3, 0.4) is 0 Å². The standard InChI is InChI=1S/C22H28N4O3S/c1-18-8-10-19(11-9-18)30(28,29)25-14-4-12-24(16-17-25)13-5-15-26-21-7-3-2-6-20(21)23-22(26)27/h2-3,6-11H,4-5,12-17H2,1H3,(H,23,27). The topological polar surface area (TPSA) is 78.4 Å². The lowest BCUT2D eigenvalue weighted by Crippen LogP contribution is -2.35. The van der Waals surface area contributed by atoms with E-state index >= 15 is 0 Å². The van der Waals surface area contributed by atoms with Gasteiger partial charge in [-0.2, -0.15) is 4.31 Å². The van der Waals surface area contributed by atoms with Crippen LogP contribution in [-0.2, 0) is 16.6 Å².